The van der Waals surface area contributed by atoms with Crippen molar-refractivity contribution in [2.24, 2.45) is 0 Å². The lowest BCUT2D eigenvalue weighted by Crippen LogP contribution is -2.36. The van der Waals surface area contributed by atoms with Crippen molar-refractivity contribution in [2.45, 2.75) is 57.4 Å². The molecule has 39 heavy (non-hydrogen) atoms. The highest BCUT2D eigenvalue weighted by atomic mass is 19.4. The van der Waals surface area contributed by atoms with Gasteiger partial charge in [-0.3, -0.25) is 9.58 Å². The van der Waals surface area contributed by atoms with E-state index in [2.05, 4.69) is 37.6 Å². The molecule has 8 nitrogen and oxygen atoms in total. The summed E-state index contributed by atoms with van der Waals surface area (Å²) in [6.45, 7) is 3.83. The molecule has 4 aromatic rings. The van der Waals surface area contributed by atoms with E-state index < -0.39 is 11.9 Å². The molecule has 0 spiro atoms. The van der Waals surface area contributed by atoms with E-state index in [-0.39, 0.29) is 6.04 Å². The topological polar surface area (TPSA) is 73.9 Å². The van der Waals surface area contributed by atoms with Gasteiger partial charge in [0.2, 0.25) is 5.88 Å². The summed E-state index contributed by atoms with van der Waals surface area (Å²) in [6.07, 6.45) is 1.10. The summed E-state index contributed by atoms with van der Waals surface area (Å²) in [5, 5.41) is 4.95. The van der Waals surface area contributed by atoms with Crippen molar-refractivity contribution in [3.8, 4) is 28.5 Å². The molecule has 4 heterocycles. The van der Waals surface area contributed by atoms with Crippen LogP contribution < -0.4 is 4.74 Å². The number of aryl methyl sites for hydroxylation is 1. The van der Waals surface area contributed by atoms with Gasteiger partial charge in [0.05, 0.1) is 42.3 Å². The van der Waals surface area contributed by atoms with Crippen molar-refractivity contribution in [1.82, 2.24) is 34.2 Å². The maximum Gasteiger partial charge on any atom is 0.434 e. The fraction of sp³-hybridized carbons (Fsp3) is 0.429. The van der Waals surface area contributed by atoms with Gasteiger partial charge in [0.15, 0.2) is 5.69 Å². The summed E-state index contributed by atoms with van der Waals surface area (Å²) in [7, 11) is 3.73. The fourth-order valence-electron chi connectivity index (χ4n) is 5.38. The molecule has 1 aliphatic heterocycles. The summed E-state index contributed by atoms with van der Waals surface area (Å²) in [4.78, 5) is 15.1. The van der Waals surface area contributed by atoms with E-state index in [1.54, 1.807) is 20.4 Å². The Kier molecular flexibility index (Phi) is 6.41. The first-order chi connectivity index (χ1) is 18.8. The number of rotatable bonds is 7. The molecule has 6 rings (SSSR count). The summed E-state index contributed by atoms with van der Waals surface area (Å²) in [5.74, 6) is 1.28. The summed E-state index contributed by atoms with van der Waals surface area (Å²) < 4.78 is 48.9. The lowest BCUT2D eigenvalue weighted by Gasteiger charge is -2.33. The van der Waals surface area contributed by atoms with Crippen LogP contribution in [0.5, 0.6) is 5.88 Å². The molecule has 1 aromatic carbocycles. The smallest absolute Gasteiger partial charge is 0.434 e. The number of likely N-dealkylation sites (N-methyl/N-ethyl adjacent to an activating group) is 1. The predicted octanol–water partition coefficient (Wildman–Crippen LogP) is 5.36. The number of aromatic nitrogens is 6. The molecule has 204 valence electrons. The van der Waals surface area contributed by atoms with E-state index in [1.165, 1.54) is 4.57 Å². The Morgan fingerprint density at radius 1 is 1.08 bits per heavy atom. The normalized spacial score (nSPS) is 17.8. The number of alkyl halides is 3. The van der Waals surface area contributed by atoms with Crippen LogP contribution in [0, 0.1) is 0 Å². The molecule has 1 unspecified atom stereocenters. The number of ether oxygens (including phenoxy) is 1. The second kappa shape index (κ2) is 9.78. The van der Waals surface area contributed by atoms with Crippen LogP contribution in [0.4, 0.5) is 13.2 Å². The Morgan fingerprint density at radius 2 is 1.85 bits per heavy atom. The average Bonchev–Trinajstić information content (AvgIpc) is 3.53. The molecule has 1 aliphatic carbocycles. The summed E-state index contributed by atoms with van der Waals surface area (Å²) in [5.41, 5.74) is 4.66. The second-order valence-corrected chi connectivity index (χ2v) is 10.2. The number of nitrogens with zero attached hydrogens (tertiary/aromatic N) is 7. The predicted molar refractivity (Wildman–Crippen MR) is 139 cm³/mol. The van der Waals surface area contributed by atoms with Gasteiger partial charge in [0.25, 0.3) is 0 Å². The number of methoxy groups -OCH3 is 1. The van der Waals surface area contributed by atoms with Gasteiger partial charge < -0.3 is 9.30 Å². The third kappa shape index (κ3) is 4.80. The van der Waals surface area contributed by atoms with Gasteiger partial charge in [0, 0.05) is 30.8 Å². The number of imidazole rings is 1. The van der Waals surface area contributed by atoms with Crippen molar-refractivity contribution < 1.29 is 17.9 Å². The van der Waals surface area contributed by atoms with Gasteiger partial charge >= 0.3 is 6.18 Å². The minimum Gasteiger partial charge on any atom is -0.480 e. The van der Waals surface area contributed by atoms with Crippen molar-refractivity contribution in [3.05, 3.63) is 65.5 Å². The van der Waals surface area contributed by atoms with Crippen LogP contribution >= 0.6 is 0 Å². The molecule has 0 bridgehead atoms. The van der Waals surface area contributed by atoms with E-state index >= 15 is 0 Å². The monoisotopic (exact) mass is 537 g/mol. The third-order valence-electron chi connectivity index (χ3n) is 7.65. The lowest BCUT2D eigenvalue weighted by molar-refractivity contribution is -0.140. The van der Waals surface area contributed by atoms with Gasteiger partial charge in [-0.15, -0.1) is 0 Å². The second-order valence-electron chi connectivity index (χ2n) is 10.2. The highest BCUT2D eigenvalue weighted by Gasteiger charge is 2.35. The van der Waals surface area contributed by atoms with Crippen LogP contribution in [0.2, 0.25) is 0 Å². The molecule has 1 saturated carbocycles. The van der Waals surface area contributed by atoms with Crippen LogP contribution in [0.15, 0.2) is 42.9 Å². The highest BCUT2D eigenvalue weighted by Crippen LogP contribution is 2.46. The fourth-order valence-corrected chi connectivity index (χ4v) is 5.38. The molecule has 0 radical (unpaired) electrons. The largest absolute Gasteiger partial charge is 0.480 e. The molecule has 0 N–H and O–H groups in total. The standard InChI is InChI=1S/C28H30F3N7O/c1-4-37-15-23(28(29,30)31)34-26(37)19-7-5-17(6-8-19)13-21-22-14-20(35-38(22)12-11-36(21)2)24-25(18-9-10-18)32-16-33-27(24)39-3/h5-8,14-16,18,21H,4,9-13H2,1-3H3. The maximum absolute atomic E-state index is 13.2. The number of halogens is 3. The number of benzene rings is 1. The van der Waals surface area contributed by atoms with E-state index in [1.807, 2.05) is 24.3 Å². The Morgan fingerprint density at radius 3 is 2.51 bits per heavy atom. The Bertz CT molecular complexity index is 1490. The molecule has 2 aliphatic rings. The number of hydrogen-bond donors (Lipinski definition) is 0. The molecule has 0 amide bonds. The van der Waals surface area contributed by atoms with Gasteiger partial charge in [-0.2, -0.15) is 18.3 Å². The van der Waals surface area contributed by atoms with Crippen molar-refractivity contribution in [2.75, 3.05) is 20.7 Å². The molecular weight excluding hydrogens is 507 g/mol. The molecular formula is C28H30F3N7O. The van der Waals surface area contributed by atoms with E-state index in [9.17, 15) is 13.2 Å². The van der Waals surface area contributed by atoms with E-state index in [0.717, 1.165) is 66.8 Å². The SMILES string of the molecule is CCn1cc(C(F)(F)F)nc1-c1ccc(CC2c3cc(-c4c(OC)ncnc4C4CC4)nn3CCN2C)cc1. The molecule has 3 aromatic heterocycles. The molecule has 11 heteroatoms. The Hall–Kier alpha value is -3.73. The van der Waals surface area contributed by atoms with Gasteiger partial charge in [-0.25, -0.2) is 15.0 Å². The minimum absolute atomic E-state index is 0.0836. The van der Waals surface area contributed by atoms with E-state index in [0.29, 0.717) is 29.7 Å². The van der Waals surface area contributed by atoms with Gasteiger partial charge in [-0.1, -0.05) is 24.3 Å². The third-order valence-corrected chi connectivity index (χ3v) is 7.65. The zero-order chi connectivity index (χ0) is 27.3. The first-order valence-electron chi connectivity index (χ1n) is 13.2. The highest BCUT2D eigenvalue weighted by molar-refractivity contribution is 5.69. The van der Waals surface area contributed by atoms with Gasteiger partial charge in [0.1, 0.15) is 12.2 Å². The molecule has 0 saturated heterocycles. The van der Waals surface area contributed by atoms with Crippen LogP contribution in [-0.4, -0.2) is 54.9 Å². The average molecular weight is 538 g/mol. The van der Waals surface area contributed by atoms with Crippen LogP contribution in [0.1, 0.15) is 54.4 Å². The van der Waals surface area contributed by atoms with Crippen molar-refractivity contribution in [3.63, 3.8) is 0 Å². The van der Waals surface area contributed by atoms with Crippen molar-refractivity contribution >= 4 is 0 Å². The number of fused-ring (bicyclic) bond motifs is 1. The molecule has 1 fully saturated rings. The zero-order valence-corrected chi connectivity index (χ0v) is 22.1. The molecule has 1 atom stereocenters. The van der Waals surface area contributed by atoms with Crippen molar-refractivity contribution in [1.29, 1.82) is 0 Å². The van der Waals surface area contributed by atoms with Crippen LogP contribution in [0.25, 0.3) is 22.6 Å². The maximum atomic E-state index is 13.2. The summed E-state index contributed by atoms with van der Waals surface area (Å²) >= 11 is 0. The summed E-state index contributed by atoms with van der Waals surface area (Å²) in [6, 6.07) is 9.85. The number of hydrogen-bond acceptors (Lipinski definition) is 6. The first-order valence-corrected chi connectivity index (χ1v) is 13.2. The van der Waals surface area contributed by atoms with E-state index in [4.69, 9.17) is 9.84 Å². The minimum atomic E-state index is -4.47. The first kappa shape index (κ1) is 25.5. The quantitative estimate of drug-likeness (QED) is 0.316. The Labute approximate surface area is 224 Å². The zero-order valence-electron chi connectivity index (χ0n) is 22.1. The van der Waals surface area contributed by atoms with Crippen LogP contribution in [-0.2, 0) is 25.7 Å². The van der Waals surface area contributed by atoms with Crippen LogP contribution in [0.3, 0.4) is 0 Å². The Balaban J connectivity index is 1.29. The lowest BCUT2D eigenvalue weighted by atomic mass is 9.98. The van der Waals surface area contributed by atoms with Gasteiger partial charge in [-0.05, 0) is 44.9 Å².